The standard InChI is InChI=1S/C15H28N6.HI/c1-13-6-3-4-10-21(13)11-5-8-17-15(16-2)18-12-14-7-9-19-20-14;/h7,9,13H,3-6,8,10-12H2,1-2H3,(H,19,20)(H2,16,17,18);1H. The van der Waals surface area contributed by atoms with E-state index in [-0.39, 0.29) is 24.0 Å². The molecule has 1 aliphatic heterocycles. The van der Waals surface area contributed by atoms with Crippen molar-refractivity contribution in [2.45, 2.75) is 45.2 Å². The lowest BCUT2D eigenvalue weighted by Gasteiger charge is -2.33. The minimum absolute atomic E-state index is 0. The Labute approximate surface area is 150 Å². The predicted molar refractivity (Wildman–Crippen MR) is 102 cm³/mol. The van der Waals surface area contributed by atoms with Gasteiger partial charge in [0.15, 0.2) is 5.96 Å². The molecule has 2 rings (SSSR count). The number of hydrogen-bond donors (Lipinski definition) is 3. The summed E-state index contributed by atoms with van der Waals surface area (Å²) in [6.45, 7) is 6.44. The summed E-state index contributed by atoms with van der Waals surface area (Å²) in [5.74, 6) is 0.844. The number of H-pyrrole nitrogens is 1. The average molecular weight is 420 g/mol. The molecule has 1 aromatic rings. The third-order valence-electron chi connectivity index (χ3n) is 4.08. The van der Waals surface area contributed by atoms with Gasteiger partial charge in [0.2, 0.25) is 0 Å². The summed E-state index contributed by atoms with van der Waals surface area (Å²) in [6, 6.07) is 2.70. The third-order valence-corrected chi connectivity index (χ3v) is 4.08. The number of rotatable bonds is 6. The van der Waals surface area contributed by atoms with Crippen LogP contribution >= 0.6 is 24.0 Å². The molecule has 1 aromatic heterocycles. The molecule has 0 aromatic carbocycles. The smallest absolute Gasteiger partial charge is 0.191 e. The monoisotopic (exact) mass is 420 g/mol. The van der Waals surface area contributed by atoms with Crippen molar-refractivity contribution in [2.24, 2.45) is 4.99 Å². The molecule has 0 saturated carbocycles. The molecule has 6 nitrogen and oxygen atoms in total. The summed E-state index contributed by atoms with van der Waals surface area (Å²) >= 11 is 0. The number of aliphatic imine (C=N–C) groups is 1. The first-order valence-electron chi connectivity index (χ1n) is 7.96. The Hall–Kier alpha value is -0.830. The number of nitrogens with one attached hydrogen (secondary N) is 3. The van der Waals surface area contributed by atoms with Crippen molar-refractivity contribution in [1.82, 2.24) is 25.7 Å². The van der Waals surface area contributed by atoms with Gasteiger partial charge in [0.25, 0.3) is 0 Å². The van der Waals surface area contributed by atoms with Crippen LogP contribution in [0.4, 0.5) is 0 Å². The summed E-state index contributed by atoms with van der Waals surface area (Å²) < 4.78 is 0. The molecule has 0 bridgehead atoms. The summed E-state index contributed by atoms with van der Waals surface area (Å²) in [7, 11) is 1.80. The Morgan fingerprint density at radius 3 is 3.00 bits per heavy atom. The van der Waals surface area contributed by atoms with Gasteiger partial charge >= 0.3 is 0 Å². The van der Waals surface area contributed by atoms with Crippen molar-refractivity contribution in [1.29, 1.82) is 0 Å². The summed E-state index contributed by atoms with van der Waals surface area (Å²) in [5, 5.41) is 13.5. The van der Waals surface area contributed by atoms with Crippen LogP contribution in [0.1, 0.15) is 38.3 Å². The van der Waals surface area contributed by atoms with Crippen molar-refractivity contribution in [3.63, 3.8) is 0 Å². The Morgan fingerprint density at radius 1 is 1.45 bits per heavy atom. The maximum absolute atomic E-state index is 4.23. The Balaban J connectivity index is 0.00000242. The van der Waals surface area contributed by atoms with Crippen molar-refractivity contribution < 1.29 is 0 Å². The van der Waals surface area contributed by atoms with E-state index in [4.69, 9.17) is 0 Å². The van der Waals surface area contributed by atoms with Gasteiger partial charge in [0, 0.05) is 32.4 Å². The molecular formula is C15H29IN6. The predicted octanol–water partition coefficient (Wildman–Crippen LogP) is 1.96. The molecular weight excluding hydrogens is 391 g/mol. The normalized spacial score (nSPS) is 19.5. The molecule has 1 saturated heterocycles. The van der Waals surface area contributed by atoms with Gasteiger partial charge in [-0.05, 0) is 38.8 Å². The van der Waals surface area contributed by atoms with E-state index in [0.29, 0.717) is 6.54 Å². The van der Waals surface area contributed by atoms with E-state index in [1.807, 2.05) is 6.07 Å². The minimum Gasteiger partial charge on any atom is -0.356 e. The second kappa shape index (κ2) is 10.8. The maximum Gasteiger partial charge on any atom is 0.191 e. The van der Waals surface area contributed by atoms with E-state index in [1.165, 1.54) is 32.4 Å². The lowest BCUT2D eigenvalue weighted by atomic mass is 10.0. The Kier molecular flexibility index (Phi) is 9.45. The molecule has 126 valence electrons. The molecule has 0 aliphatic carbocycles. The number of likely N-dealkylation sites (tertiary alicyclic amines) is 1. The van der Waals surface area contributed by atoms with E-state index >= 15 is 0 Å². The molecule has 7 heteroatoms. The molecule has 0 spiro atoms. The molecule has 0 amide bonds. The fourth-order valence-electron chi connectivity index (χ4n) is 2.76. The number of hydrogen-bond acceptors (Lipinski definition) is 3. The summed E-state index contributed by atoms with van der Waals surface area (Å²) in [6.07, 6.45) is 6.99. The van der Waals surface area contributed by atoms with Crippen LogP contribution in [-0.2, 0) is 6.54 Å². The van der Waals surface area contributed by atoms with Crippen LogP contribution in [0.15, 0.2) is 17.3 Å². The van der Waals surface area contributed by atoms with Crippen LogP contribution in [-0.4, -0.2) is 53.8 Å². The number of piperidine rings is 1. The van der Waals surface area contributed by atoms with Gasteiger partial charge < -0.3 is 15.5 Å². The maximum atomic E-state index is 4.23. The van der Waals surface area contributed by atoms with Crippen LogP contribution < -0.4 is 10.6 Å². The zero-order chi connectivity index (χ0) is 14.9. The van der Waals surface area contributed by atoms with Crippen LogP contribution in [0, 0.1) is 0 Å². The van der Waals surface area contributed by atoms with Gasteiger partial charge in [-0.15, -0.1) is 24.0 Å². The number of halogens is 1. The van der Waals surface area contributed by atoms with Gasteiger partial charge in [0.1, 0.15) is 0 Å². The number of aromatic amines is 1. The van der Waals surface area contributed by atoms with Crippen molar-refractivity contribution >= 4 is 29.9 Å². The SMILES string of the molecule is CN=C(NCCCN1CCCCC1C)NCc1ccn[nH]1.I. The summed E-state index contributed by atoms with van der Waals surface area (Å²) in [4.78, 5) is 6.84. The van der Waals surface area contributed by atoms with Crippen molar-refractivity contribution in [3.05, 3.63) is 18.0 Å². The van der Waals surface area contributed by atoms with Gasteiger partial charge in [-0.3, -0.25) is 10.1 Å². The van der Waals surface area contributed by atoms with E-state index in [0.717, 1.165) is 30.7 Å². The second-order valence-electron chi connectivity index (χ2n) is 5.67. The quantitative estimate of drug-likeness (QED) is 0.285. The molecule has 22 heavy (non-hydrogen) atoms. The molecule has 3 N–H and O–H groups in total. The molecule has 2 heterocycles. The minimum atomic E-state index is 0. The lowest BCUT2D eigenvalue weighted by Crippen LogP contribution is -2.41. The summed E-state index contributed by atoms with van der Waals surface area (Å²) in [5.41, 5.74) is 1.06. The second-order valence-corrected chi connectivity index (χ2v) is 5.67. The lowest BCUT2D eigenvalue weighted by molar-refractivity contribution is 0.159. The highest BCUT2D eigenvalue weighted by molar-refractivity contribution is 14.0. The van der Waals surface area contributed by atoms with Crippen molar-refractivity contribution in [3.8, 4) is 0 Å². The fourth-order valence-corrected chi connectivity index (χ4v) is 2.76. The third kappa shape index (κ3) is 6.51. The van der Waals surface area contributed by atoms with E-state index in [9.17, 15) is 0 Å². The molecule has 1 unspecified atom stereocenters. The van der Waals surface area contributed by atoms with E-state index in [1.54, 1.807) is 13.2 Å². The van der Waals surface area contributed by atoms with Crippen LogP contribution in [0.3, 0.4) is 0 Å². The first kappa shape index (κ1) is 19.2. The first-order valence-corrected chi connectivity index (χ1v) is 7.96. The van der Waals surface area contributed by atoms with Gasteiger partial charge in [0.05, 0.1) is 12.2 Å². The highest BCUT2D eigenvalue weighted by Crippen LogP contribution is 2.15. The fraction of sp³-hybridized carbons (Fsp3) is 0.733. The van der Waals surface area contributed by atoms with Crippen LogP contribution in [0.25, 0.3) is 0 Å². The topological polar surface area (TPSA) is 68.3 Å². The first-order chi connectivity index (χ1) is 10.3. The van der Waals surface area contributed by atoms with Crippen LogP contribution in [0.2, 0.25) is 0 Å². The Bertz CT molecular complexity index is 420. The molecule has 0 radical (unpaired) electrons. The van der Waals surface area contributed by atoms with Crippen LogP contribution in [0.5, 0.6) is 0 Å². The van der Waals surface area contributed by atoms with E-state index < -0.39 is 0 Å². The van der Waals surface area contributed by atoms with Crippen molar-refractivity contribution in [2.75, 3.05) is 26.7 Å². The highest BCUT2D eigenvalue weighted by Gasteiger charge is 2.16. The van der Waals surface area contributed by atoms with E-state index in [2.05, 4.69) is 37.6 Å². The largest absolute Gasteiger partial charge is 0.356 e. The Morgan fingerprint density at radius 2 is 2.32 bits per heavy atom. The number of aromatic nitrogens is 2. The van der Waals surface area contributed by atoms with Gasteiger partial charge in [-0.1, -0.05) is 6.42 Å². The zero-order valence-corrected chi connectivity index (χ0v) is 16.0. The molecule has 1 atom stereocenters. The average Bonchev–Trinajstić information content (AvgIpc) is 3.01. The number of guanidine groups is 1. The molecule has 1 aliphatic rings. The van der Waals surface area contributed by atoms with Gasteiger partial charge in [-0.25, -0.2) is 0 Å². The van der Waals surface area contributed by atoms with Gasteiger partial charge in [-0.2, -0.15) is 5.10 Å². The zero-order valence-electron chi connectivity index (χ0n) is 13.6. The highest BCUT2D eigenvalue weighted by atomic mass is 127. The number of nitrogens with zero attached hydrogens (tertiary/aromatic N) is 3. The molecule has 1 fully saturated rings.